The van der Waals surface area contributed by atoms with E-state index >= 15 is 0 Å². The molecule has 0 fully saturated rings. The van der Waals surface area contributed by atoms with E-state index in [1.54, 1.807) is 0 Å². The van der Waals surface area contributed by atoms with Gasteiger partial charge in [0.1, 0.15) is 0 Å². The van der Waals surface area contributed by atoms with Crippen LogP contribution < -0.4 is 5.32 Å². The van der Waals surface area contributed by atoms with Crippen molar-refractivity contribution in [1.82, 2.24) is 5.32 Å². The first-order chi connectivity index (χ1) is 7.61. The largest absolute Gasteiger partial charge is 0.317 e. The van der Waals surface area contributed by atoms with Gasteiger partial charge in [-0.1, -0.05) is 20.8 Å². The van der Waals surface area contributed by atoms with Crippen LogP contribution in [0.2, 0.25) is 0 Å². The van der Waals surface area contributed by atoms with E-state index in [0.29, 0.717) is 0 Å². The molecule has 0 aliphatic carbocycles. The van der Waals surface area contributed by atoms with E-state index < -0.39 is 0 Å². The minimum atomic E-state index is 0.769. The van der Waals surface area contributed by atoms with Crippen LogP contribution in [0, 0.1) is 11.8 Å². The highest BCUT2D eigenvalue weighted by Crippen LogP contribution is 2.26. The first-order valence-electron chi connectivity index (χ1n) is 6.06. The van der Waals surface area contributed by atoms with Crippen molar-refractivity contribution in [3.8, 4) is 0 Å². The Hall–Kier alpha value is 0.140. The molecule has 0 amide bonds. The van der Waals surface area contributed by atoms with Crippen molar-refractivity contribution >= 4 is 27.3 Å². The number of thiophene rings is 1. The van der Waals surface area contributed by atoms with Crippen LogP contribution in [0.5, 0.6) is 0 Å². The zero-order chi connectivity index (χ0) is 12.0. The third-order valence-electron chi connectivity index (χ3n) is 2.61. The summed E-state index contributed by atoms with van der Waals surface area (Å²) in [5.74, 6) is 1.55. The summed E-state index contributed by atoms with van der Waals surface area (Å²) in [4.78, 5) is 1.50. The second-order valence-electron chi connectivity index (χ2n) is 4.71. The van der Waals surface area contributed by atoms with Gasteiger partial charge in [0.25, 0.3) is 0 Å². The van der Waals surface area contributed by atoms with Gasteiger partial charge in [0.15, 0.2) is 0 Å². The molecule has 3 heteroatoms. The standard InChI is InChI=1S/C13H22BrNS/c1-4-15-9-11(7-10(2)3)8-12-5-6-13(14)16-12/h5-6,10-11,15H,4,7-9H2,1-3H3. The maximum Gasteiger partial charge on any atom is 0.0701 e. The molecule has 1 rings (SSSR count). The van der Waals surface area contributed by atoms with Gasteiger partial charge < -0.3 is 5.32 Å². The van der Waals surface area contributed by atoms with E-state index in [1.807, 2.05) is 11.3 Å². The van der Waals surface area contributed by atoms with E-state index in [2.05, 4.69) is 54.2 Å². The van der Waals surface area contributed by atoms with Gasteiger partial charge in [-0.25, -0.2) is 0 Å². The third-order valence-corrected chi connectivity index (χ3v) is 4.25. The van der Waals surface area contributed by atoms with Crippen LogP contribution in [0.3, 0.4) is 0 Å². The van der Waals surface area contributed by atoms with Gasteiger partial charge in [0, 0.05) is 4.88 Å². The monoisotopic (exact) mass is 303 g/mol. The molecule has 1 unspecified atom stereocenters. The van der Waals surface area contributed by atoms with Crippen molar-refractivity contribution in [2.75, 3.05) is 13.1 Å². The van der Waals surface area contributed by atoms with Crippen LogP contribution in [-0.4, -0.2) is 13.1 Å². The predicted molar refractivity (Wildman–Crippen MR) is 77.2 cm³/mol. The van der Waals surface area contributed by atoms with Crippen LogP contribution in [-0.2, 0) is 6.42 Å². The molecule has 0 aromatic carbocycles. The summed E-state index contributed by atoms with van der Waals surface area (Å²) in [5.41, 5.74) is 0. The van der Waals surface area contributed by atoms with Crippen molar-refractivity contribution in [1.29, 1.82) is 0 Å². The average Bonchev–Trinajstić information content (AvgIpc) is 2.59. The van der Waals surface area contributed by atoms with Crippen molar-refractivity contribution in [2.24, 2.45) is 11.8 Å². The topological polar surface area (TPSA) is 12.0 Å². The number of hydrogen-bond donors (Lipinski definition) is 1. The number of hydrogen-bond acceptors (Lipinski definition) is 2. The molecule has 0 aliphatic heterocycles. The Morgan fingerprint density at radius 3 is 2.62 bits per heavy atom. The maximum absolute atomic E-state index is 3.53. The highest BCUT2D eigenvalue weighted by Gasteiger charge is 2.12. The summed E-state index contributed by atoms with van der Waals surface area (Å²) in [6.07, 6.45) is 2.52. The molecule has 0 aliphatic rings. The van der Waals surface area contributed by atoms with Gasteiger partial charge in [-0.2, -0.15) is 0 Å². The first-order valence-corrected chi connectivity index (χ1v) is 7.67. The Morgan fingerprint density at radius 1 is 1.38 bits per heavy atom. The van der Waals surface area contributed by atoms with Crippen molar-refractivity contribution in [3.05, 3.63) is 20.8 Å². The minimum Gasteiger partial charge on any atom is -0.317 e. The summed E-state index contributed by atoms with van der Waals surface area (Å²) >= 11 is 5.39. The van der Waals surface area contributed by atoms with Crippen LogP contribution in [0.15, 0.2) is 15.9 Å². The second-order valence-corrected chi connectivity index (χ2v) is 7.26. The van der Waals surface area contributed by atoms with E-state index in [-0.39, 0.29) is 0 Å². The number of nitrogens with one attached hydrogen (secondary N) is 1. The molecule has 1 N–H and O–H groups in total. The minimum absolute atomic E-state index is 0.769. The van der Waals surface area contributed by atoms with E-state index in [0.717, 1.165) is 24.9 Å². The lowest BCUT2D eigenvalue weighted by Gasteiger charge is -2.18. The first kappa shape index (κ1) is 14.2. The van der Waals surface area contributed by atoms with Crippen LogP contribution in [0.25, 0.3) is 0 Å². The van der Waals surface area contributed by atoms with E-state index in [4.69, 9.17) is 0 Å². The number of halogens is 1. The van der Waals surface area contributed by atoms with Gasteiger partial charge in [-0.15, -0.1) is 11.3 Å². The molecule has 0 saturated heterocycles. The number of rotatable bonds is 7. The zero-order valence-electron chi connectivity index (χ0n) is 10.4. The van der Waals surface area contributed by atoms with Gasteiger partial charge >= 0.3 is 0 Å². The van der Waals surface area contributed by atoms with E-state index in [9.17, 15) is 0 Å². The fourth-order valence-corrected chi connectivity index (χ4v) is 3.60. The van der Waals surface area contributed by atoms with Crippen LogP contribution in [0.4, 0.5) is 0 Å². The molecule has 1 heterocycles. The van der Waals surface area contributed by atoms with E-state index in [1.165, 1.54) is 21.5 Å². The van der Waals surface area contributed by atoms with Gasteiger partial charge in [0.2, 0.25) is 0 Å². The molecular weight excluding hydrogens is 282 g/mol. The summed E-state index contributed by atoms with van der Waals surface area (Å²) in [5, 5.41) is 3.47. The molecule has 1 atom stereocenters. The van der Waals surface area contributed by atoms with Crippen molar-refractivity contribution in [3.63, 3.8) is 0 Å². The predicted octanol–water partition coefficient (Wildman–Crippen LogP) is 4.32. The fraction of sp³-hybridized carbons (Fsp3) is 0.692. The quantitative estimate of drug-likeness (QED) is 0.791. The van der Waals surface area contributed by atoms with Crippen LogP contribution in [0.1, 0.15) is 32.1 Å². The molecule has 1 nitrogen and oxygen atoms in total. The second kappa shape index (κ2) is 7.46. The zero-order valence-corrected chi connectivity index (χ0v) is 12.8. The van der Waals surface area contributed by atoms with Gasteiger partial charge in [-0.3, -0.25) is 0 Å². The van der Waals surface area contributed by atoms with Crippen molar-refractivity contribution in [2.45, 2.75) is 33.6 Å². The lowest BCUT2D eigenvalue weighted by atomic mass is 9.93. The molecule has 0 bridgehead atoms. The summed E-state index contributed by atoms with van der Waals surface area (Å²) in [6, 6.07) is 4.40. The molecule has 0 radical (unpaired) electrons. The highest BCUT2D eigenvalue weighted by atomic mass is 79.9. The normalized spacial score (nSPS) is 13.3. The lowest BCUT2D eigenvalue weighted by Crippen LogP contribution is -2.25. The third kappa shape index (κ3) is 5.46. The molecule has 16 heavy (non-hydrogen) atoms. The van der Waals surface area contributed by atoms with Gasteiger partial charge in [0.05, 0.1) is 3.79 Å². The Bertz CT molecular complexity index is 296. The van der Waals surface area contributed by atoms with Crippen molar-refractivity contribution < 1.29 is 0 Å². The summed E-state index contributed by atoms with van der Waals surface area (Å²) in [7, 11) is 0. The molecule has 0 spiro atoms. The smallest absolute Gasteiger partial charge is 0.0701 e. The maximum atomic E-state index is 3.53. The SMILES string of the molecule is CCNCC(Cc1ccc(Br)s1)CC(C)C. The Balaban J connectivity index is 2.48. The molecule has 1 aromatic rings. The lowest BCUT2D eigenvalue weighted by molar-refractivity contribution is 0.390. The Morgan fingerprint density at radius 2 is 2.12 bits per heavy atom. The average molecular weight is 304 g/mol. The molecule has 92 valence electrons. The highest BCUT2D eigenvalue weighted by molar-refractivity contribution is 9.11. The van der Waals surface area contributed by atoms with Gasteiger partial charge in [-0.05, 0) is 65.8 Å². The molecular formula is C13H22BrNS. The Kier molecular flexibility index (Phi) is 6.62. The molecule has 1 aromatic heterocycles. The summed E-state index contributed by atoms with van der Waals surface area (Å²) < 4.78 is 1.24. The Labute approximate surface area is 112 Å². The summed E-state index contributed by atoms with van der Waals surface area (Å²) in [6.45, 7) is 9.01. The van der Waals surface area contributed by atoms with Crippen LogP contribution >= 0.6 is 27.3 Å². The molecule has 0 saturated carbocycles. The fourth-order valence-electron chi connectivity index (χ4n) is 2.00.